The van der Waals surface area contributed by atoms with Crippen LogP contribution in [0.2, 0.25) is 0 Å². The van der Waals surface area contributed by atoms with Crippen molar-refractivity contribution < 1.29 is 8.78 Å². The number of hydrogen-bond donors (Lipinski definition) is 0. The summed E-state index contributed by atoms with van der Waals surface area (Å²) in [5.41, 5.74) is 4.03. The fraction of sp³-hybridized carbons (Fsp3) is 0. The van der Waals surface area contributed by atoms with Gasteiger partial charge in [-0.25, -0.2) is 18.7 Å². The average Bonchev–Trinajstić information content (AvgIpc) is 3.99. The number of nitrogens with zero attached hydrogens (tertiary/aromatic N) is 2. The second kappa shape index (κ2) is 12.1. The van der Waals surface area contributed by atoms with E-state index in [9.17, 15) is 0 Å². The highest BCUT2D eigenvalue weighted by atomic mass is 32.1. The molecule has 0 N–H and O–H groups in total. The van der Waals surface area contributed by atoms with E-state index in [0.29, 0.717) is 9.75 Å². The predicted octanol–water partition coefficient (Wildman–Crippen LogP) is 14.6. The molecule has 0 atom stereocenters. The monoisotopic (exact) mass is 758 g/mol. The SMILES string of the molecule is Fc1cc(-c2nc3cc4cc5sc(-c6cc(F)c(-c7ccc(-c8ccccc8)s7)s6)nc5cc4cc3s2)sc1-c1ccc(-c2ccccc2)s1. The van der Waals surface area contributed by atoms with E-state index in [0.717, 1.165) is 81.6 Å². The molecule has 0 spiro atoms. The normalized spacial score (nSPS) is 11.8. The Morgan fingerprint density at radius 3 is 1.24 bits per heavy atom. The molecule has 0 fully saturated rings. The maximum absolute atomic E-state index is 15.3. The maximum atomic E-state index is 15.3. The second-order valence-electron chi connectivity index (χ2n) is 11.7. The number of hydrogen-bond acceptors (Lipinski definition) is 8. The molecule has 0 saturated carbocycles. The van der Waals surface area contributed by atoms with E-state index in [1.54, 1.807) is 57.5 Å². The summed E-state index contributed by atoms with van der Waals surface area (Å²) >= 11 is 9.25. The summed E-state index contributed by atoms with van der Waals surface area (Å²) in [5, 5.41) is 3.74. The van der Waals surface area contributed by atoms with Gasteiger partial charge in [-0.2, -0.15) is 0 Å². The fourth-order valence-electron chi connectivity index (χ4n) is 6.02. The van der Waals surface area contributed by atoms with Crippen LogP contribution in [0.15, 0.2) is 121 Å². The van der Waals surface area contributed by atoms with E-state index in [4.69, 9.17) is 9.97 Å². The molecular formula is C40H20F2N2S6. The van der Waals surface area contributed by atoms with Gasteiger partial charge in [0.2, 0.25) is 0 Å². The van der Waals surface area contributed by atoms with Crippen LogP contribution >= 0.6 is 68.0 Å². The Labute approximate surface area is 308 Å². The lowest BCUT2D eigenvalue weighted by atomic mass is 10.1. The third-order valence-corrected chi connectivity index (χ3v) is 15.6. The number of thiazole rings is 2. The second-order valence-corrected chi connectivity index (χ2v) is 18.0. The summed E-state index contributed by atoms with van der Waals surface area (Å²) in [6.07, 6.45) is 0. The Morgan fingerprint density at radius 1 is 0.380 bits per heavy atom. The largest absolute Gasteiger partial charge is 0.235 e. The molecule has 240 valence electrons. The van der Waals surface area contributed by atoms with Crippen molar-refractivity contribution >= 4 is 99.2 Å². The highest BCUT2D eigenvalue weighted by Crippen LogP contribution is 2.46. The molecule has 0 aliphatic heterocycles. The zero-order valence-corrected chi connectivity index (χ0v) is 30.5. The van der Waals surface area contributed by atoms with Crippen molar-refractivity contribution in [3.8, 4) is 60.2 Å². The molecule has 10 heteroatoms. The molecule has 0 radical (unpaired) electrons. The number of halogens is 2. The lowest BCUT2D eigenvalue weighted by molar-refractivity contribution is 0.636. The fourth-order valence-corrected chi connectivity index (χ4v) is 12.4. The molecule has 6 aromatic heterocycles. The van der Waals surface area contributed by atoms with Crippen LogP contribution in [0.25, 0.3) is 91.4 Å². The van der Waals surface area contributed by atoms with E-state index in [2.05, 4.69) is 60.7 Å². The Kier molecular flexibility index (Phi) is 7.37. The lowest BCUT2D eigenvalue weighted by Crippen LogP contribution is -1.76. The van der Waals surface area contributed by atoms with E-state index in [1.807, 2.05) is 48.5 Å². The Balaban J connectivity index is 0.951. The van der Waals surface area contributed by atoms with E-state index < -0.39 is 0 Å². The van der Waals surface area contributed by atoms with Crippen LogP contribution in [-0.4, -0.2) is 9.97 Å². The Bertz CT molecular complexity index is 2590. The van der Waals surface area contributed by atoms with Gasteiger partial charge in [-0.05, 0) is 82.6 Å². The molecular weight excluding hydrogens is 739 g/mol. The average molecular weight is 759 g/mol. The quantitative estimate of drug-likeness (QED) is 0.169. The van der Waals surface area contributed by atoms with Gasteiger partial charge in [-0.3, -0.25) is 0 Å². The van der Waals surface area contributed by atoms with Gasteiger partial charge in [0.05, 0.1) is 39.9 Å². The molecule has 50 heavy (non-hydrogen) atoms. The molecule has 0 aliphatic rings. The van der Waals surface area contributed by atoms with Crippen LogP contribution in [0.4, 0.5) is 8.78 Å². The van der Waals surface area contributed by atoms with Gasteiger partial charge < -0.3 is 0 Å². The van der Waals surface area contributed by atoms with Crippen molar-refractivity contribution in [2.24, 2.45) is 0 Å². The van der Waals surface area contributed by atoms with Crippen molar-refractivity contribution in [2.75, 3.05) is 0 Å². The third-order valence-electron chi connectivity index (χ3n) is 8.42. The summed E-state index contributed by atoms with van der Waals surface area (Å²) in [7, 11) is 0. The van der Waals surface area contributed by atoms with Crippen LogP contribution in [-0.2, 0) is 0 Å². The summed E-state index contributed by atoms with van der Waals surface area (Å²) in [6, 6.07) is 40.2. The summed E-state index contributed by atoms with van der Waals surface area (Å²) in [5.74, 6) is -0.439. The van der Waals surface area contributed by atoms with Crippen LogP contribution in [0.3, 0.4) is 0 Å². The van der Waals surface area contributed by atoms with Crippen LogP contribution in [0, 0.1) is 11.6 Å². The van der Waals surface area contributed by atoms with E-state index in [1.165, 1.54) is 22.7 Å². The summed E-state index contributed by atoms with van der Waals surface area (Å²) in [6.45, 7) is 0. The van der Waals surface area contributed by atoms with Crippen molar-refractivity contribution in [3.05, 3.63) is 133 Å². The first-order chi connectivity index (χ1) is 24.5. The molecule has 0 saturated heterocycles. The maximum Gasteiger partial charge on any atom is 0.143 e. The minimum Gasteiger partial charge on any atom is -0.235 e. The Morgan fingerprint density at radius 2 is 0.800 bits per heavy atom. The van der Waals surface area contributed by atoms with Gasteiger partial charge in [0, 0.05) is 19.5 Å². The van der Waals surface area contributed by atoms with Gasteiger partial charge >= 0.3 is 0 Å². The van der Waals surface area contributed by atoms with Gasteiger partial charge in [0.15, 0.2) is 0 Å². The van der Waals surface area contributed by atoms with Gasteiger partial charge in [-0.15, -0.1) is 68.0 Å². The number of benzene rings is 4. The molecule has 0 aliphatic carbocycles. The predicted molar refractivity (Wildman–Crippen MR) is 214 cm³/mol. The van der Waals surface area contributed by atoms with Crippen LogP contribution in [0.5, 0.6) is 0 Å². The number of aromatic nitrogens is 2. The van der Waals surface area contributed by atoms with Crippen molar-refractivity contribution in [1.29, 1.82) is 0 Å². The van der Waals surface area contributed by atoms with Gasteiger partial charge in [0.1, 0.15) is 21.6 Å². The van der Waals surface area contributed by atoms with E-state index in [-0.39, 0.29) is 11.6 Å². The molecule has 0 bridgehead atoms. The molecule has 10 aromatic rings. The minimum absolute atomic E-state index is 0.219. The topological polar surface area (TPSA) is 25.8 Å². The standard InChI is InChI=1S/C40H20F2N2S6/c41-25-19-35(47-37(25)31-13-11-29(45-31)21-7-3-1-4-8-21)39-43-27-15-23-18-34-28(16-24(23)17-33(27)49-39)44-40(50-34)36-20-26(42)38(48-36)32-14-12-30(46-32)22-9-5-2-6-10-22/h1-20H. The van der Waals surface area contributed by atoms with E-state index >= 15 is 8.78 Å². The first-order valence-corrected chi connectivity index (χ1v) is 20.5. The van der Waals surface area contributed by atoms with Gasteiger partial charge in [-0.1, -0.05) is 60.7 Å². The van der Waals surface area contributed by atoms with Crippen LogP contribution in [0.1, 0.15) is 0 Å². The minimum atomic E-state index is -0.219. The molecule has 4 aromatic carbocycles. The molecule has 10 rings (SSSR count). The Hall–Kier alpha value is -4.42. The van der Waals surface area contributed by atoms with Crippen molar-refractivity contribution in [3.63, 3.8) is 0 Å². The molecule has 0 unspecified atom stereocenters. The lowest BCUT2D eigenvalue weighted by Gasteiger charge is -1.97. The zero-order chi connectivity index (χ0) is 33.3. The number of fused-ring (bicyclic) bond motifs is 3. The molecule has 6 heterocycles. The summed E-state index contributed by atoms with van der Waals surface area (Å²) in [4.78, 5) is 16.9. The zero-order valence-electron chi connectivity index (χ0n) is 25.6. The number of rotatable bonds is 6. The first-order valence-electron chi connectivity index (χ1n) is 15.6. The third kappa shape index (κ3) is 5.35. The van der Waals surface area contributed by atoms with Crippen LogP contribution < -0.4 is 0 Å². The molecule has 2 nitrogen and oxygen atoms in total. The number of thiophene rings is 4. The van der Waals surface area contributed by atoms with Crippen molar-refractivity contribution in [2.45, 2.75) is 0 Å². The smallest absolute Gasteiger partial charge is 0.143 e. The first kappa shape index (κ1) is 30.4. The van der Waals surface area contributed by atoms with Gasteiger partial charge in [0.25, 0.3) is 0 Å². The highest BCUT2D eigenvalue weighted by molar-refractivity contribution is 7.29. The van der Waals surface area contributed by atoms with Crippen molar-refractivity contribution in [1.82, 2.24) is 9.97 Å². The summed E-state index contributed by atoms with van der Waals surface area (Å²) < 4.78 is 32.7. The molecule has 0 amide bonds. The highest BCUT2D eigenvalue weighted by Gasteiger charge is 2.20.